The minimum Gasteiger partial charge on any atom is -0.456 e. The molecule has 0 fully saturated rings. The normalized spacial score (nSPS) is 13.0. The number of hydrogen-bond acceptors (Lipinski definition) is 5. The van der Waals surface area contributed by atoms with Gasteiger partial charge in [0.1, 0.15) is 22.5 Å². The molecule has 8 aromatic carbocycles. The third-order valence-corrected chi connectivity index (χ3v) is 13.6. The van der Waals surface area contributed by atoms with E-state index in [0.717, 1.165) is 111 Å². The third-order valence-electron chi connectivity index (χ3n) is 12.5. The molecule has 290 valence electrons. The molecule has 0 unspecified atom stereocenters. The molecule has 0 aliphatic carbocycles. The maximum Gasteiger partial charge on any atom is 0.161 e. The molecule has 5 heteroatoms. The predicted molar refractivity (Wildman–Crippen MR) is 260 cm³/mol. The van der Waals surface area contributed by atoms with Crippen LogP contribution in [0.2, 0.25) is 0 Å². The van der Waals surface area contributed by atoms with Gasteiger partial charge in [0.25, 0.3) is 0 Å². The maximum absolute atomic E-state index is 6.69. The average Bonchev–Trinajstić information content (AvgIpc) is 3.99. The summed E-state index contributed by atoms with van der Waals surface area (Å²) in [5, 5.41) is 9.20. The quantitative estimate of drug-likeness (QED) is 0.178. The van der Waals surface area contributed by atoms with Crippen LogP contribution in [0.25, 0.3) is 109 Å². The van der Waals surface area contributed by atoms with E-state index in [9.17, 15) is 0 Å². The first kappa shape index (κ1) is 34.9. The van der Waals surface area contributed by atoms with Crippen molar-refractivity contribution < 1.29 is 8.83 Å². The molecule has 0 spiro atoms. The second-order valence-corrected chi connectivity index (χ2v) is 17.2. The van der Waals surface area contributed by atoms with Gasteiger partial charge in [0.05, 0.1) is 16.9 Å². The molecule has 1 aliphatic rings. The first-order valence-electron chi connectivity index (χ1n) is 20.9. The van der Waals surface area contributed by atoms with Crippen LogP contribution >= 0.6 is 11.3 Å². The molecular weight excluding hydrogens is 777 g/mol. The minimum absolute atomic E-state index is 0.749. The van der Waals surface area contributed by atoms with E-state index in [0.29, 0.717) is 0 Å². The van der Waals surface area contributed by atoms with E-state index in [-0.39, 0.29) is 0 Å². The number of aliphatic imine (C=N–C) groups is 1. The zero-order valence-electron chi connectivity index (χ0n) is 33.5. The van der Waals surface area contributed by atoms with Gasteiger partial charge in [-0.05, 0) is 101 Å². The number of benzene rings is 8. The van der Waals surface area contributed by atoms with Crippen LogP contribution in [-0.2, 0) is 0 Å². The van der Waals surface area contributed by atoms with Crippen LogP contribution in [0, 0.1) is 6.92 Å². The number of hydrogen-bond donors (Lipinski definition) is 0. The molecule has 0 saturated heterocycles. The van der Waals surface area contributed by atoms with E-state index in [1.165, 1.54) is 25.7 Å². The summed E-state index contributed by atoms with van der Waals surface area (Å²) in [6, 6.07) is 60.1. The van der Waals surface area contributed by atoms with E-state index in [4.69, 9.17) is 18.8 Å². The lowest BCUT2D eigenvalue weighted by Gasteiger charge is -2.16. The highest BCUT2D eigenvalue weighted by molar-refractivity contribution is 7.25. The van der Waals surface area contributed by atoms with Crippen molar-refractivity contribution in [2.24, 2.45) is 4.99 Å². The third kappa shape index (κ3) is 5.45. The smallest absolute Gasteiger partial charge is 0.161 e. The van der Waals surface area contributed by atoms with Gasteiger partial charge in [-0.3, -0.25) is 0 Å². The lowest BCUT2D eigenvalue weighted by molar-refractivity contribution is 0.604. The fourth-order valence-corrected chi connectivity index (χ4v) is 10.6. The first-order valence-corrected chi connectivity index (χ1v) is 21.7. The Morgan fingerprint density at radius 3 is 2.02 bits per heavy atom. The minimum atomic E-state index is 0.749. The lowest BCUT2D eigenvalue weighted by Crippen LogP contribution is -2.05. The number of thiophene rings is 1. The van der Waals surface area contributed by atoms with Crippen LogP contribution in [-0.4, -0.2) is 10.7 Å². The number of rotatable bonds is 4. The topological polar surface area (TPSA) is 51.5 Å². The monoisotopic (exact) mass is 810 g/mol. The second-order valence-electron chi connectivity index (χ2n) is 16.1. The number of furan rings is 2. The van der Waals surface area contributed by atoms with Crippen molar-refractivity contribution in [3.63, 3.8) is 0 Å². The van der Waals surface area contributed by atoms with Crippen LogP contribution < -0.4 is 0 Å². The maximum atomic E-state index is 6.69. The number of pyridine rings is 1. The Morgan fingerprint density at radius 2 is 1.15 bits per heavy atom. The molecule has 4 nitrogen and oxygen atoms in total. The van der Waals surface area contributed by atoms with Crippen LogP contribution in [0.15, 0.2) is 196 Å². The Labute approximate surface area is 360 Å². The van der Waals surface area contributed by atoms with E-state index >= 15 is 0 Å². The number of allylic oxidation sites excluding steroid dienone is 2. The molecule has 4 aromatic heterocycles. The fourth-order valence-electron chi connectivity index (χ4n) is 9.47. The summed E-state index contributed by atoms with van der Waals surface area (Å²) in [7, 11) is 0. The van der Waals surface area contributed by atoms with Crippen molar-refractivity contribution in [3.05, 3.63) is 210 Å². The van der Waals surface area contributed by atoms with Crippen LogP contribution in [0.3, 0.4) is 0 Å². The van der Waals surface area contributed by atoms with Crippen LogP contribution in [0.5, 0.6) is 0 Å². The van der Waals surface area contributed by atoms with Crippen LogP contribution in [0.4, 0.5) is 0 Å². The van der Waals surface area contributed by atoms with Gasteiger partial charge < -0.3 is 8.83 Å². The highest BCUT2D eigenvalue weighted by Crippen LogP contribution is 2.42. The highest BCUT2D eigenvalue weighted by atomic mass is 32.1. The largest absolute Gasteiger partial charge is 0.456 e. The lowest BCUT2D eigenvalue weighted by atomic mass is 9.91. The molecular formula is C57H34N2O2S. The summed E-state index contributed by atoms with van der Waals surface area (Å²) in [6.45, 7) is 2.22. The molecule has 12 aromatic rings. The first-order chi connectivity index (χ1) is 30.6. The summed E-state index contributed by atoms with van der Waals surface area (Å²) in [6.07, 6.45) is 6.32. The van der Waals surface area contributed by atoms with Crippen molar-refractivity contribution in [3.8, 4) is 22.4 Å². The number of para-hydroxylation sites is 3. The van der Waals surface area contributed by atoms with E-state index < -0.39 is 0 Å². The molecule has 0 atom stereocenters. The summed E-state index contributed by atoms with van der Waals surface area (Å²) < 4.78 is 15.4. The molecule has 13 rings (SSSR count). The molecule has 1 aliphatic heterocycles. The van der Waals surface area contributed by atoms with E-state index in [2.05, 4.69) is 165 Å². The van der Waals surface area contributed by atoms with Gasteiger partial charge in [-0.1, -0.05) is 121 Å². The molecule has 0 amide bonds. The Balaban J connectivity index is 0.946. The Bertz CT molecular complexity index is 3950. The van der Waals surface area contributed by atoms with Gasteiger partial charge in [-0.25, -0.2) is 9.98 Å². The molecule has 0 radical (unpaired) electrons. The number of fused-ring (bicyclic) bond motifs is 11. The van der Waals surface area contributed by atoms with Crippen molar-refractivity contribution in [1.82, 2.24) is 4.98 Å². The Kier molecular flexibility index (Phi) is 7.66. The number of nitrogens with zero attached hydrogens (tertiary/aromatic N) is 2. The molecule has 5 heterocycles. The standard InChI is InChI=1S/C57H34N2O2S/c1-33-54(45-14-2-6-16-48(45)59-55(33)39-25-27-43-42-13-5-9-20-52(42)62-53(43)32-39)37-23-21-35-30-38(24-22-34(35)29-37)56-57-44(40-11-3-8-19-50(40)61-57)15-10-17-47(58-56)36-26-28-51-46(31-36)41-12-4-7-18-49(41)60-51/h2-32H,1H3. The van der Waals surface area contributed by atoms with Crippen molar-refractivity contribution in [2.45, 2.75) is 6.92 Å². The summed E-state index contributed by atoms with van der Waals surface area (Å²) in [4.78, 5) is 10.8. The van der Waals surface area contributed by atoms with Gasteiger partial charge in [-0.2, -0.15) is 0 Å². The predicted octanol–water partition coefficient (Wildman–Crippen LogP) is 15.9. The summed E-state index contributed by atoms with van der Waals surface area (Å²) >= 11 is 1.84. The Hall–Kier alpha value is -7.86. The van der Waals surface area contributed by atoms with Crippen molar-refractivity contribution in [1.29, 1.82) is 0 Å². The van der Waals surface area contributed by atoms with Gasteiger partial charge in [0, 0.05) is 64.0 Å². The number of aromatic nitrogens is 1. The zero-order chi connectivity index (χ0) is 40.9. The summed E-state index contributed by atoms with van der Waals surface area (Å²) in [5.74, 6) is 0.749. The van der Waals surface area contributed by atoms with Crippen LogP contribution in [0.1, 0.15) is 28.0 Å². The van der Waals surface area contributed by atoms with Gasteiger partial charge in [-0.15, -0.1) is 11.3 Å². The average molecular weight is 811 g/mol. The zero-order valence-corrected chi connectivity index (χ0v) is 34.3. The summed E-state index contributed by atoms with van der Waals surface area (Å²) in [5.41, 5.74) is 13.8. The Morgan fingerprint density at radius 1 is 0.484 bits per heavy atom. The van der Waals surface area contributed by atoms with Crippen molar-refractivity contribution in [2.75, 3.05) is 0 Å². The second kappa shape index (κ2) is 13.6. The molecule has 0 bridgehead atoms. The van der Waals surface area contributed by atoms with E-state index in [1.54, 1.807) is 0 Å². The molecule has 62 heavy (non-hydrogen) atoms. The van der Waals surface area contributed by atoms with E-state index in [1.807, 2.05) is 41.7 Å². The van der Waals surface area contributed by atoms with Gasteiger partial charge >= 0.3 is 0 Å². The SMILES string of the molecule is Cc1c(-c2ccc3c(c2)sc2ccccc23)nc2ccccc2c1-c1ccc2cc(C3=NC(c4ccc5oc6ccccc6c5c4)=CC=Cc4c3oc3ccccc43)ccc2c1. The highest BCUT2D eigenvalue weighted by Gasteiger charge is 2.23. The van der Waals surface area contributed by atoms with Gasteiger partial charge in [0.2, 0.25) is 0 Å². The van der Waals surface area contributed by atoms with Gasteiger partial charge in [0.15, 0.2) is 5.76 Å². The van der Waals surface area contributed by atoms with Crippen molar-refractivity contribution >= 4 is 104 Å². The fraction of sp³-hybridized carbons (Fsp3) is 0.0175. The molecule has 0 saturated carbocycles. The molecule has 0 N–H and O–H groups in total.